The molecule has 1 saturated heterocycles. The van der Waals surface area contributed by atoms with Crippen LogP contribution in [0.2, 0.25) is 0 Å². The van der Waals surface area contributed by atoms with Crippen molar-refractivity contribution in [1.82, 2.24) is 15.1 Å². The maximum absolute atomic E-state index is 13.4. The molecular weight excluding hydrogens is 397 g/mol. The number of hydrogen-bond donors (Lipinski definition) is 1. The summed E-state index contributed by atoms with van der Waals surface area (Å²) in [4.78, 5) is 42.1. The summed E-state index contributed by atoms with van der Waals surface area (Å²) in [7, 11) is 0. The SMILES string of the molecule is CC1CCC2(CC1)NC(=O)N(CC(=O)N(Cc1ccc(F)cc1)C1CCCCC1)C2=O. The lowest BCUT2D eigenvalue weighted by Crippen LogP contribution is -2.50. The number of rotatable bonds is 5. The summed E-state index contributed by atoms with van der Waals surface area (Å²) in [5.74, 6) is -0.252. The van der Waals surface area contributed by atoms with Crippen molar-refractivity contribution in [2.45, 2.75) is 82.8 Å². The molecule has 1 heterocycles. The van der Waals surface area contributed by atoms with Crippen LogP contribution in [-0.4, -0.2) is 45.8 Å². The first-order valence-electron chi connectivity index (χ1n) is 11.6. The molecule has 1 aromatic rings. The van der Waals surface area contributed by atoms with Crippen molar-refractivity contribution in [3.63, 3.8) is 0 Å². The highest BCUT2D eigenvalue weighted by Crippen LogP contribution is 2.36. The lowest BCUT2D eigenvalue weighted by atomic mass is 9.77. The molecule has 3 fully saturated rings. The van der Waals surface area contributed by atoms with Crippen LogP contribution in [0.15, 0.2) is 24.3 Å². The summed E-state index contributed by atoms with van der Waals surface area (Å²) < 4.78 is 13.3. The van der Waals surface area contributed by atoms with Crippen LogP contribution in [0.1, 0.15) is 70.3 Å². The van der Waals surface area contributed by atoms with E-state index in [1.54, 1.807) is 17.0 Å². The van der Waals surface area contributed by atoms with Gasteiger partial charge in [-0.2, -0.15) is 0 Å². The zero-order chi connectivity index (χ0) is 22.0. The molecule has 0 aromatic heterocycles. The topological polar surface area (TPSA) is 69.7 Å². The Labute approximate surface area is 183 Å². The predicted octanol–water partition coefficient (Wildman–Crippen LogP) is 3.99. The van der Waals surface area contributed by atoms with Gasteiger partial charge in [-0.1, -0.05) is 38.3 Å². The van der Waals surface area contributed by atoms with Crippen LogP contribution in [0.4, 0.5) is 9.18 Å². The highest BCUT2D eigenvalue weighted by atomic mass is 19.1. The third-order valence-electron chi connectivity index (χ3n) is 7.27. The fraction of sp³-hybridized carbons (Fsp3) is 0.625. The lowest BCUT2D eigenvalue weighted by molar-refractivity contribution is -0.141. The largest absolute Gasteiger partial charge is 0.334 e. The Morgan fingerprint density at radius 2 is 1.74 bits per heavy atom. The number of halogens is 1. The Balaban J connectivity index is 1.49. The number of hydrogen-bond acceptors (Lipinski definition) is 3. The zero-order valence-electron chi connectivity index (χ0n) is 18.2. The van der Waals surface area contributed by atoms with E-state index in [4.69, 9.17) is 0 Å². The van der Waals surface area contributed by atoms with Gasteiger partial charge in [0, 0.05) is 12.6 Å². The van der Waals surface area contributed by atoms with E-state index in [-0.39, 0.29) is 30.2 Å². The second-order valence-electron chi connectivity index (χ2n) is 9.53. The molecule has 7 heteroatoms. The van der Waals surface area contributed by atoms with E-state index in [1.165, 1.54) is 12.1 Å². The summed E-state index contributed by atoms with van der Waals surface area (Å²) in [5, 5.41) is 2.89. The number of urea groups is 1. The molecule has 1 spiro atoms. The van der Waals surface area contributed by atoms with Gasteiger partial charge < -0.3 is 10.2 Å². The molecule has 31 heavy (non-hydrogen) atoms. The van der Waals surface area contributed by atoms with Crippen molar-refractivity contribution >= 4 is 17.8 Å². The Hall–Kier alpha value is -2.44. The number of amides is 4. The van der Waals surface area contributed by atoms with E-state index < -0.39 is 11.6 Å². The van der Waals surface area contributed by atoms with Crippen molar-refractivity contribution in [2.24, 2.45) is 5.92 Å². The van der Waals surface area contributed by atoms with Crippen LogP contribution in [-0.2, 0) is 16.1 Å². The number of benzene rings is 1. The molecule has 0 bridgehead atoms. The molecule has 2 aliphatic carbocycles. The van der Waals surface area contributed by atoms with Gasteiger partial charge in [-0.25, -0.2) is 9.18 Å². The average molecular weight is 430 g/mol. The number of nitrogens with one attached hydrogen (secondary N) is 1. The van der Waals surface area contributed by atoms with Gasteiger partial charge in [-0.05, 0) is 62.1 Å². The maximum atomic E-state index is 13.4. The van der Waals surface area contributed by atoms with E-state index in [2.05, 4.69) is 12.2 Å². The van der Waals surface area contributed by atoms with E-state index in [1.807, 2.05) is 0 Å². The summed E-state index contributed by atoms with van der Waals surface area (Å²) >= 11 is 0. The van der Waals surface area contributed by atoms with Crippen molar-refractivity contribution in [3.05, 3.63) is 35.6 Å². The summed E-state index contributed by atoms with van der Waals surface area (Å²) in [6.07, 6.45) is 8.15. The Morgan fingerprint density at radius 3 is 2.39 bits per heavy atom. The minimum absolute atomic E-state index is 0.0801. The minimum Gasteiger partial charge on any atom is -0.334 e. The quantitative estimate of drug-likeness (QED) is 0.720. The Morgan fingerprint density at radius 1 is 1.10 bits per heavy atom. The molecule has 0 unspecified atom stereocenters. The van der Waals surface area contributed by atoms with Crippen LogP contribution in [0, 0.1) is 11.7 Å². The number of carbonyl (C=O) groups is 3. The van der Waals surface area contributed by atoms with E-state index in [9.17, 15) is 18.8 Å². The predicted molar refractivity (Wildman–Crippen MR) is 114 cm³/mol. The maximum Gasteiger partial charge on any atom is 0.325 e. The molecule has 4 amide bonds. The van der Waals surface area contributed by atoms with Gasteiger partial charge >= 0.3 is 6.03 Å². The monoisotopic (exact) mass is 429 g/mol. The van der Waals surface area contributed by atoms with Crippen molar-refractivity contribution in [3.8, 4) is 0 Å². The standard InChI is InChI=1S/C24H32FN3O3/c1-17-11-13-24(14-12-17)22(30)28(23(31)26-24)16-21(29)27(20-5-3-2-4-6-20)15-18-7-9-19(25)10-8-18/h7-10,17,20H,2-6,11-16H2,1H3,(H,26,31). The first-order chi connectivity index (χ1) is 14.9. The molecule has 3 aliphatic rings. The van der Waals surface area contributed by atoms with Gasteiger partial charge in [0.1, 0.15) is 17.9 Å². The highest BCUT2D eigenvalue weighted by molar-refractivity contribution is 6.09. The molecule has 1 N–H and O–H groups in total. The third kappa shape index (κ3) is 4.60. The average Bonchev–Trinajstić information content (AvgIpc) is 3.00. The molecule has 1 aliphatic heterocycles. The van der Waals surface area contributed by atoms with Gasteiger partial charge in [0.05, 0.1) is 0 Å². The normalized spacial score (nSPS) is 26.9. The smallest absolute Gasteiger partial charge is 0.325 e. The van der Waals surface area contributed by atoms with Gasteiger partial charge in [0.15, 0.2) is 0 Å². The van der Waals surface area contributed by atoms with Gasteiger partial charge in [0.2, 0.25) is 5.91 Å². The van der Waals surface area contributed by atoms with E-state index in [0.29, 0.717) is 25.3 Å². The van der Waals surface area contributed by atoms with Gasteiger partial charge in [-0.3, -0.25) is 14.5 Å². The van der Waals surface area contributed by atoms with Crippen LogP contribution in [0.5, 0.6) is 0 Å². The summed E-state index contributed by atoms with van der Waals surface area (Å²) in [6, 6.07) is 5.78. The van der Waals surface area contributed by atoms with Crippen LogP contribution in [0.25, 0.3) is 0 Å². The number of nitrogens with zero attached hydrogens (tertiary/aromatic N) is 2. The second kappa shape index (κ2) is 8.97. The van der Waals surface area contributed by atoms with Gasteiger partial charge in [-0.15, -0.1) is 0 Å². The van der Waals surface area contributed by atoms with Gasteiger partial charge in [0.25, 0.3) is 5.91 Å². The molecule has 168 valence electrons. The second-order valence-corrected chi connectivity index (χ2v) is 9.53. The van der Waals surface area contributed by atoms with Crippen LogP contribution < -0.4 is 5.32 Å². The first-order valence-corrected chi connectivity index (χ1v) is 11.6. The molecule has 0 radical (unpaired) electrons. The van der Waals surface area contributed by atoms with Crippen LogP contribution in [0.3, 0.4) is 0 Å². The van der Waals surface area contributed by atoms with Crippen molar-refractivity contribution in [1.29, 1.82) is 0 Å². The van der Waals surface area contributed by atoms with Crippen LogP contribution >= 0.6 is 0 Å². The molecule has 6 nitrogen and oxygen atoms in total. The molecular formula is C24H32FN3O3. The molecule has 0 atom stereocenters. The van der Waals surface area contributed by atoms with E-state index in [0.717, 1.165) is 55.4 Å². The summed E-state index contributed by atoms with van der Waals surface area (Å²) in [5.41, 5.74) is 0.00603. The first kappa shape index (κ1) is 21.8. The number of imide groups is 1. The third-order valence-corrected chi connectivity index (χ3v) is 7.27. The lowest BCUT2D eigenvalue weighted by Gasteiger charge is -2.36. The van der Waals surface area contributed by atoms with Crippen molar-refractivity contribution in [2.75, 3.05) is 6.54 Å². The molecule has 2 saturated carbocycles. The zero-order valence-corrected chi connectivity index (χ0v) is 18.2. The molecule has 1 aromatic carbocycles. The highest BCUT2D eigenvalue weighted by Gasteiger charge is 2.52. The summed E-state index contributed by atoms with van der Waals surface area (Å²) in [6.45, 7) is 2.28. The molecule has 4 rings (SSSR count). The Bertz CT molecular complexity index is 827. The fourth-order valence-corrected chi connectivity index (χ4v) is 5.24. The minimum atomic E-state index is -0.837. The Kier molecular flexibility index (Phi) is 6.30. The fourth-order valence-electron chi connectivity index (χ4n) is 5.24. The van der Waals surface area contributed by atoms with E-state index >= 15 is 0 Å². The number of carbonyl (C=O) groups excluding carboxylic acids is 3. The van der Waals surface area contributed by atoms with Crippen molar-refractivity contribution < 1.29 is 18.8 Å².